The molecule has 1 aliphatic rings. The van der Waals surface area contributed by atoms with Crippen molar-refractivity contribution in [2.75, 3.05) is 37.6 Å². The maximum Gasteiger partial charge on any atom is 0.151 e. The van der Waals surface area contributed by atoms with E-state index in [1.54, 1.807) is 6.20 Å². The average Bonchev–Trinajstić information content (AvgIpc) is 2.40. The van der Waals surface area contributed by atoms with Crippen molar-refractivity contribution >= 4 is 5.82 Å². The Labute approximate surface area is 104 Å². The highest BCUT2D eigenvalue weighted by Crippen LogP contribution is 2.13. The highest BCUT2D eigenvalue weighted by Gasteiger charge is 2.18. The maximum absolute atomic E-state index is 4.16. The van der Waals surface area contributed by atoms with Crippen LogP contribution in [0, 0.1) is 5.92 Å². The molecule has 0 saturated carbocycles. The Balaban J connectivity index is 1.82. The molecule has 0 aromatic carbocycles. The van der Waals surface area contributed by atoms with E-state index in [1.165, 1.54) is 13.0 Å². The summed E-state index contributed by atoms with van der Waals surface area (Å²) >= 11 is 0. The van der Waals surface area contributed by atoms with Gasteiger partial charge in [-0.1, -0.05) is 20.3 Å². The fourth-order valence-electron chi connectivity index (χ4n) is 2.19. The van der Waals surface area contributed by atoms with Crippen LogP contribution >= 0.6 is 0 Å². The number of nitrogens with zero attached hydrogens (tertiary/aromatic N) is 4. The Kier molecular flexibility index (Phi) is 4.31. The fourth-order valence-corrected chi connectivity index (χ4v) is 2.19. The minimum absolute atomic E-state index is 0.804. The van der Waals surface area contributed by atoms with Crippen LogP contribution in [0.3, 0.4) is 0 Å². The standard InChI is InChI=1S/C13H22N4/c1-3-12(2)11-16-7-9-17(10-8-16)13-5-4-6-14-15-13/h4-6,12H,3,7-11H2,1-2H3. The molecule has 4 heteroatoms. The van der Waals surface area contributed by atoms with Gasteiger partial charge >= 0.3 is 0 Å². The van der Waals surface area contributed by atoms with Gasteiger partial charge in [-0.25, -0.2) is 0 Å². The Morgan fingerprint density at radius 2 is 2.06 bits per heavy atom. The molecule has 1 fully saturated rings. The summed E-state index contributed by atoms with van der Waals surface area (Å²) in [5.41, 5.74) is 0. The smallest absolute Gasteiger partial charge is 0.151 e. The van der Waals surface area contributed by atoms with Crippen LogP contribution in [-0.4, -0.2) is 47.8 Å². The Bertz CT molecular complexity index is 319. The van der Waals surface area contributed by atoms with Crippen LogP contribution in [0.2, 0.25) is 0 Å². The minimum atomic E-state index is 0.804. The molecule has 1 aliphatic heterocycles. The van der Waals surface area contributed by atoms with Crippen molar-refractivity contribution in [2.24, 2.45) is 5.92 Å². The molecule has 94 valence electrons. The minimum Gasteiger partial charge on any atom is -0.353 e. The first-order valence-electron chi connectivity index (χ1n) is 6.54. The fraction of sp³-hybridized carbons (Fsp3) is 0.692. The lowest BCUT2D eigenvalue weighted by atomic mass is 10.1. The van der Waals surface area contributed by atoms with Gasteiger partial charge in [0.25, 0.3) is 0 Å². The third-order valence-corrected chi connectivity index (χ3v) is 3.52. The van der Waals surface area contributed by atoms with Crippen molar-refractivity contribution in [3.05, 3.63) is 18.3 Å². The van der Waals surface area contributed by atoms with Crippen LogP contribution < -0.4 is 4.90 Å². The molecule has 0 amide bonds. The quantitative estimate of drug-likeness (QED) is 0.793. The molecule has 0 spiro atoms. The largest absolute Gasteiger partial charge is 0.353 e. The number of hydrogen-bond donors (Lipinski definition) is 0. The molecule has 4 nitrogen and oxygen atoms in total. The van der Waals surface area contributed by atoms with Crippen molar-refractivity contribution in [1.82, 2.24) is 15.1 Å². The summed E-state index contributed by atoms with van der Waals surface area (Å²) in [4.78, 5) is 4.88. The highest BCUT2D eigenvalue weighted by molar-refractivity contribution is 5.36. The molecule has 0 N–H and O–H groups in total. The van der Waals surface area contributed by atoms with E-state index in [4.69, 9.17) is 0 Å². The number of piperazine rings is 1. The van der Waals surface area contributed by atoms with Crippen molar-refractivity contribution in [2.45, 2.75) is 20.3 Å². The monoisotopic (exact) mass is 234 g/mol. The first-order chi connectivity index (χ1) is 8.29. The second kappa shape index (κ2) is 5.96. The van der Waals surface area contributed by atoms with Gasteiger partial charge in [0.2, 0.25) is 0 Å². The van der Waals surface area contributed by atoms with Gasteiger partial charge in [0.1, 0.15) is 0 Å². The van der Waals surface area contributed by atoms with Crippen LogP contribution in [0.25, 0.3) is 0 Å². The Morgan fingerprint density at radius 3 is 2.65 bits per heavy atom. The zero-order chi connectivity index (χ0) is 12.1. The first-order valence-corrected chi connectivity index (χ1v) is 6.54. The van der Waals surface area contributed by atoms with E-state index < -0.39 is 0 Å². The summed E-state index contributed by atoms with van der Waals surface area (Å²) in [6.45, 7) is 10.2. The summed E-state index contributed by atoms with van der Waals surface area (Å²) < 4.78 is 0. The number of rotatable bonds is 4. The van der Waals surface area contributed by atoms with Gasteiger partial charge in [0, 0.05) is 38.9 Å². The Hall–Kier alpha value is -1.16. The van der Waals surface area contributed by atoms with Crippen LogP contribution in [0.1, 0.15) is 20.3 Å². The molecule has 1 saturated heterocycles. The summed E-state index contributed by atoms with van der Waals surface area (Å²) in [5, 5.41) is 8.10. The topological polar surface area (TPSA) is 32.3 Å². The van der Waals surface area contributed by atoms with Gasteiger partial charge in [0.15, 0.2) is 5.82 Å². The molecule has 0 radical (unpaired) electrons. The van der Waals surface area contributed by atoms with Crippen LogP contribution in [0.5, 0.6) is 0 Å². The molecule has 17 heavy (non-hydrogen) atoms. The van der Waals surface area contributed by atoms with E-state index in [0.29, 0.717) is 0 Å². The lowest BCUT2D eigenvalue weighted by Crippen LogP contribution is -2.47. The molecular formula is C13H22N4. The van der Waals surface area contributed by atoms with Crippen molar-refractivity contribution in [3.8, 4) is 0 Å². The summed E-state index contributed by atoms with van der Waals surface area (Å²) in [6.07, 6.45) is 2.99. The lowest BCUT2D eigenvalue weighted by molar-refractivity contribution is 0.222. The second-order valence-electron chi connectivity index (χ2n) is 4.88. The molecule has 1 aromatic rings. The van der Waals surface area contributed by atoms with Gasteiger partial charge in [0.05, 0.1) is 0 Å². The van der Waals surface area contributed by atoms with Crippen molar-refractivity contribution in [1.29, 1.82) is 0 Å². The predicted octanol–water partition coefficient (Wildman–Crippen LogP) is 1.64. The summed E-state index contributed by atoms with van der Waals surface area (Å²) in [6, 6.07) is 3.99. The average molecular weight is 234 g/mol. The summed E-state index contributed by atoms with van der Waals surface area (Å²) in [5.74, 6) is 1.81. The number of aromatic nitrogens is 2. The SMILES string of the molecule is CCC(C)CN1CCN(c2cccnn2)CC1. The molecular weight excluding hydrogens is 212 g/mol. The van der Waals surface area contributed by atoms with E-state index >= 15 is 0 Å². The van der Waals surface area contributed by atoms with Crippen LogP contribution in [-0.2, 0) is 0 Å². The number of anilines is 1. The molecule has 0 bridgehead atoms. The van der Waals surface area contributed by atoms with Crippen LogP contribution in [0.15, 0.2) is 18.3 Å². The molecule has 1 unspecified atom stereocenters. The summed E-state index contributed by atoms with van der Waals surface area (Å²) in [7, 11) is 0. The van der Waals surface area contributed by atoms with E-state index in [9.17, 15) is 0 Å². The zero-order valence-corrected chi connectivity index (χ0v) is 10.8. The Morgan fingerprint density at radius 1 is 1.29 bits per heavy atom. The van der Waals surface area contributed by atoms with E-state index in [1.807, 2.05) is 12.1 Å². The number of hydrogen-bond acceptors (Lipinski definition) is 4. The third kappa shape index (κ3) is 3.40. The third-order valence-electron chi connectivity index (χ3n) is 3.52. The first kappa shape index (κ1) is 12.3. The van der Waals surface area contributed by atoms with Crippen molar-refractivity contribution < 1.29 is 0 Å². The molecule has 2 rings (SSSR count). The van der Waals surface area contributed by atoms with Crippen molar-refractivity contribution in [3.63, 3.8) is 0 Å². The predicted molar refractivity (Wildman–Crippen MR) is 70.1 cm³/mol. The highest BCUT2D eigenvalue weighted by atomic mass is 15.3. The van der Waals surface area contributed by atoms with E-state index in [0.717, 1.165) is 37.9 Å². The molecule has 2 heterocycles. The van der Waals surface area contributed by atoms with Gasteiger partial charge in [-0.05, 0) is 18.1 Å². The molecule has 1 aromatic heterocycles. The molecule has 1 atom stereocenters. The molecule has 0 aliphatic carbocycles. The van der Waals surface area contributed by atoms with E-state index in [2.05, 4.69) is 33.8 Å². The van der Waals surface area contributed by atoms with Gasteiger partial charge < -0.3 is 4.90 Å². The normalized spacial score (nSPS) is 19.3. The second-order valence-corrected chi connectivity index (χ2v) is 4.88. The van der Waals surface area contributed by atoms with E-state index in [-0.39, 0.29) is 0 Å². The van der Waals surface area contributed by atoms with Gasteiger partial charge in [-0.3, -0.25) is 4.90 Å². The van der Waals surface area contributed by atoms with Gasteiger partial charge in [-0.2, -0.15) is 5.10 Å². The zero-order valence-electron chi connectivity index (χ0n) is 10.8. The van der Waals surface area contributed by atoms with Gasteiger partial charge in [-0.15, -0.1) is 5.10 Å². The lowest BCUT2D eigenvalue weighted by Gasteiger charge is -2.36. The maximum atomic E-state index is 4.16. The van der Waals surface area contributed by atoms with Crippen LogP contribution in [0.4, 0.5) is 5.82 Å².